The number of carbonyl (C=O) groups excluding carboxylic acids is 2. The van der Waals surface area contributed by atoms with Gasteiger partial charge in [0.2, 0.25) is 6.41 Å². The van der Waals surface area contributed by atoms with E-state index in [1.807, 2.05) is 0 Å². The Morgan fingerprint density at radius 1 is 1.33 bits per heavy atom. The van der Waals surface area contributed by atoms with E-state index in [4.69, 9.17) is 14.9 Å². The zero-order valence-electron chi connectivity index (χ0n) is 9.12. The van der Waals surface area contributed by atoms with Crippen LogP contribution in [0.2, 0.25) is 0 Å². The smallest absolute Gasteiger partial charge is 0.506 e. The van der Waals surface area contributed by atoms with Gasteiger partial charge in [0.15, 0.2) is 5.60 Å². The van der Waals surface area contributed by atoms with Crippen molar-refractivity contribution in [3.05, 3.63) is 0 Å². The van der Waals surface area contributed by atoms with E-state index in [-0.39, 0.29) is 6.44 Å². The van der Waals surface area contributed by atoms with E-state index < -0.39 is 43.5 Å². The van der Waals surface area contributed by atoms with Crippen molar-refractivity contribution in [3.8, 4) is 0 Å². The Bertz CT molecular complexity index is 367. The zero-order valence-corrected chi connectivity index (χ0v) is 9.12. The topological polar surface area (TPSA) is 139 Å². The van der Waals surface area contributed by atoms with Gasteiger partial charge in [-0.2, -0.15) is 0 Å². The molecule has 0 spiro atoms. The second-order valence-electron chi connectivity index (χ2n) is 3.61. The molecule has 0 saturated carbocycles. The Labute approximate surface area is 101 Å². The van der Waals surface area contributed by atoms with Crippen molar-refractivity contribution in [1.29, 1.82) is 0 Å². The van der Waals surface area contributed by atoms with E-state index in [2.05, 4.69) is 9.97 Å². The third-order valence-corrected chi connectivity index (χ3v) is 2.21. The van der Waals surface area contributed by atoms with E-state index >= 15 is 0 Å². The van der Waals surface area contributed by atoms with Crippen molar-refractivity contribution >= 4 is 31.4 Å². The summed E-state index contributed by atoms with van der Waals surface area (Å²) in [6.45, 7) is 0. The molecule has 0 aromatic heterocycles. The number of nitrogens with one attached hydrogen (secondary N) is 1. The van der Waals surface area contributed by atoms with E-state index in [9.17, 15) is 19.2 Å². The first-order valence-electron chi connectivity index (χ1n) is 4.89. The molecular weight excluding hydrogens is 249 g/mol. The second kappa shape index (κ2) is 5.49. The first kappa shape index (κ1) is 14.0. The fraction of sp³-hybridized carbons (Fsp3) is 0.500. The average Bonchev–Trinajstić information content (AvgIpc) is 2.50. The summed E-state index contributed by atoms with van der Waals surface area (Å²) in [6, 6.07) is 0. The number of carboxylic acid groups (broad SMARTS) is 2. The molecule has 1 fully saturated rings. The molecule has 98 valence electrons. The summed E-state index contributed by atoms with van der Waals surface area (Å²) in [6.07, 6.45) is -1.49. The van der Waals surface area contributed by atoms with Crippen LogP contribution in [0.5, 0.6) is 0 Å². The minimum atomic E-state index is -2.05. The summed E-state index contributed by atoms with van der Waals surface area (Å²) in [5.41, 5.74) is -2.05. The summed E-state index contributed by atoms with van der Waals surface area (Å²) < 4.78 is 9.70. The summed E-state index contributed by atoms with van der Waals surface area (Å²) in [5, 5.41) is 19.5. The zero-order chi connectivity index (χ0) is 13.8. The highest BCUT2D eigenvalue weighted by atomic mass is 16.7. The molecule has 1 amide bonds. The minimum absolute atomic E-state index is 0.184. The predicted octanol–water partition coefficient (Wildman–Crippen LogP) is -1.98. The van der Waals surface area contributed by atoms with Crippen LogP contribution in [0.3, 0.4) is 0 Å². The molecular formula is C8H10BNO8. The van der Waals surface area contributed by atoms with Crippen molar-refractivity contribution in [2.24, 2.45) is 0 Å². The van der Waals surface area contributed by atoms with Gasteiger partial charge in [0.25, 0.3) is 0 Å². The predicted molar refractivity (Wildman–Crippen MR) is 54.2 cm³/mol. The normalized spacial score (nSPS) is 17.1. The molecule has 1 heterocycles. The van der Waals surface area contributed by atoms with Crippen LogP contribution in [-0.2, 0) is 28.5 Å². The Balaban J connectivity index is 2.82. The molecule has 10 heteroatoms. The van der Waals surface area contributed by atoms with Crippen LogP contribution in [0.25, 0.3) is 0 Å². The van der Waals surface area contributed by atoms with Gasteiger partial charge in [0, 0.05) is 0 Å². The Hall–Kier alpha value is -2.10. The largest absolute Gasteiger partial charge is 0.548 e. The summed E-state index contributed by atoms with van der Waals surface area (Å²) >= 11 is 0. The lowest BCUT2D eigenvalue weighted by atomic mass is 9.89. The van der Waals surface area contributed by atoms with Crippen LogP contribution in [-0.4, -0.2) is 53.7 Å². The lowest BCUT2D eigenvalue weighted by Gasteiger charge is -2.20. The van der Waals surface area contributed by atoms with Gasteiger partial charge in [-0.15, -0.1) is 0 Å². The molecule has 3 N–H and O–H groups in total. The molecule has 0 aromatic rings. The van der Waals surface area contributed by atoms with Crippen LogP contribution < -0.4 is 5.32 Å². The highest BCUT2D eigenvalue weighted by Crippen LogP contribution is 2.30. The molecule has 1 saturated heterocycles. The van der Waals surface area contributed by atoms with Crippen LogP contribution in [0.4, 0.5) is 0 Å². The Kier molecular flexibility index (Phi) is 4.26. The number of rotatable bonds is 7. The van der Waals surface area contributed by atoms with Gasteiger partial charge in [-0.1, -0.05) is 0 Å². The highest BCUT2D eigenvalue weighted by molar-refractivity contribution is 6.50. The summed E-state index contributed by atoms with van der Waals surface area (Å²) in [5.74, 6) is -3.85. The maximum Gasteiger partial charge on any atom is 0.548 e. The third-order valence-electron chi connectivity index (χ3n) is 2.21. The maximum absolute atomic E-state index is 11.6. The van der Waals surface area contributed by atoms with Gasteiger partial charge in [0.05, 0.1) is 19.3 Å². The van der Waals surface area contributed by atoms with Gasteiger partial charge < -0.3 is 24.8 Å². The molecule has 0 aromatic carbocycles. The van der Waals surface area contributed by atoms with Crippen LogP contribution in [0.1, 0.15) is 12.8 Å². The van der Waals surface area contributed by atoms with Crippen molar-refractivity contribution in [3.63, 3.8) is 0 Å². The molecule has 0 unspecified atom stereocenters. The summed E-state index contributed by atoms with van der Waals surface area (Å²) in [4.78, 5) is 42.9. The number of carbonyl (C=O) groups is 4. The molecule has 0 aliphatic carbocycles. The highest BCUT2D eigenvalue weighted by Gasteiger charge is 2.55. The van der Waals surface area contributed by atoms with Crippen molar-refractivity contribution in [2.75, 3.05) is 6.44 Å². The van der Waals surface area contributed by atoms with Gasteiger partial charge in [-0.05, 0) is 0 Å². The monoisotopic (exact) mass is 259 g/mol. The first-order chi connectivity index (χ1) is 8.39. The van der Waals surface area contributed by atoms with Crippen molar-refractivity contribution in [2.45, 2.75) is 18.4 Å². The maximum atomic E-state index is 11.6. The Morgan fingerprint density at radius 2 is 1.89 bits per heavy atom. The van der Waals surface area contributed by atoms with E-state index in [1.54, 1.807) is 0 Å². The number of hydrogen-bond donors (Lipinski definition) is 3. The van der Waals surface area contributed by atoms with E-state index in [0.717, 1.165) is 0 Å². The van der Waals surface area contributed by atoms with E-state index in [1.165, 1.54) is 0 Å². The number of hydrogen-bond acceptors (Lipinski definition) is 6. The quantitative estimate of drug-likeness (QED) is 0.353. The second-order valence-corrected chi connectivity index (χ2v) is 3.61. The minimum Gasteiger partial charge on any atom is -0.506 e. The molecule has 18 heavy (non-hydrogen) atoms. The Morgan fingerprint density at radius 3 is 2.33 bits per heavy atom. The van der Waals surface area contributed by atoms with Crippen molar-refractivity contribution < 1.29 is 38.7 Å². The van der Waals surface area contributed by atoms with Gasteiger partial charge in [0.1, 0.15) is 0 Å². The molecule has 1 aliphatic rings. The fourth-order valence-electron chi connectivity index (χ4n) is 1.56. The third kappa shape index (κ3) is 3.20. The van der Waals surface area contributed by atoms with Gasteiger partial charge in [-0.3, -0.25) is 19.2 Å². The molecule has 9 nitrogen and oxygen atoms in total. The van der Waals surface area contributed by atoms with Crippen LogP contribution in [0, 0.1) is 0 Å². The van der Waals surface area contributed by atoms with Crippen LogP contribution in [0.15, 0.2) is 0 Å². The SMILES string of the molecule is O=CNCB1OC(=O)C(CC(=O)O)(CC(=O)O)O1. The standard InChI is InChI=1S/C8H10BNO8/c11-4-10-3-9-17-7(16)8(18-9,1-5(12)13)2-6(14)15/h4H,1-3H2,(H,10,11)(H,12,13)(H,14,15). The lowest BCUT2D eigenvalue weighted by molar-refractivity contribution is -0.157. The molecule has 1 rings (SSSR count). The van der Waals surface area contributed by atoms with Crippen LogP contribution >= 0.6 is 0 Å². The van der Waals surface area contributed by atoms with Gasteiger partial charge in [-0.25, -0.2) is 0 Å². The molecule has 0 atom stereocenters. The number of carboxylic acids is 2. The lowest BCUT2D eigenvalue weighted by Crippen LogP contribution is -2.42. The van der Waals surface area contributed by atoms with E-state index in [0.29, 0.717) is 6.41 Å². The fourth-order valence-corrected chi connectivity index (χ4v) is 1.56. The molecule has 0 radical (unpaired) electrons. The summed E-state index contributed by atoms with van der Waals surface area (Å²) in [7, 11) is -1.19. The number of amides is 1. The van der Waals surface area contributed by atoms with Crippen molar-refractivity contribution in [1.82, 2.24) is 5.32 Å². The number of aliphatic carboxylic acids is 2. The first-order valence-corrected chi connectivity index (χ1v) is 4.89. The molecule has 0 bridgehead atoms. The molecule has 1 aliphatic heterocycles. The average molecular weight is 259 g/mol. The van der Waals surface area contributed by atoms with Gasteiger partial charge >= 0.3 is 25.0 Å².